The number of rotatable bonds is 8. The molecule has 0 heterocycles. The molecule has 154 valence electrons. The molecular weight excluding hydrogens is 442 g/mol. The van der Waals surface area contributed by atoms with Crippen molar-refractivity contribution in [2.24, 2.45) is 11.0 Å². The molecule has 0 aromatic heterocycles. The highest BCUT2D eigenvalue weighted by atomic mass is 79.9. The molecule has 2 aromatic carbocycles. The normalized spacial score (nSPS) is 11.7. The zero-order valence-corrected chi connectivity index (χ0v) is 17.8. The Labute approximate surface area is 177 Å². The summed E-state index contributed by atoms with van der Waals surface area (Å²) in [5, 5.41) is 16.4. The van der Waals surface area contributed by atoms with Crippen LogP contribution in [0.25, 0.3) is 0 Å². The van der Waals surface area contributed by atoms with Gasteiger partial charge in [0, 0.05) is 5.69 Å². The van der Waals surface area contributed by atoms with Crippen molar-refractivity contribution in [2.75, 3.05) is 19.0 Å². The lowest BCUT2D eigenvalue weighted by atomic mass is 10.1. The Morgan fingerprint density at radius 3 is 2.55 bits per heavy atom. The van der Waals surface area contributed by atoms with Gasteiger partial charge in [-0.25, -0.2) is 5.43 Å². The van der Waals surface area contributed by atoms with E-state index in [2.05, 4.69) is 31.8 Å². The molecular formula is C20H22BrN3O5. The number of halogens is 1. The summed E-state index contributed by atoms with van der Waals surface area (Å²) in [6.45, 7) is 3.67. The molecule has 2 rings (SSSR count). The number of hydrogen-bond donors (Lipinski definition) is 3. The smallest absolute Gasteiger partial charge is 0.252 e. The van der Waals surface area contributed by atoms with Crippen LogP contribution in [0.1, 0.15) is 19.4 Å². The minimum absolute atomic E-state index is 0.0168. The minimum atomic E-state index is -0.959. The van der Waals surface area contributed by atoms with Gasteiger partial charge in [-0.2, -0.15) is 5.10 Å². The number of amides is 2. The van der Waals surface area contributed by atoms with Crippen LogP contribution in [-0.2, 0) is 9.59 Å². The molecule has 0 saturated heterocycles. The van der Waals surface area contributed by atoms with E-state index in [9.17, 15) is 14.7 Å². The van der Waals surface area contributed by atoms with E-state index in [1.54, 1.807) is 50.4 Å². The van der Waals surface area contributed by atoms with Gasteiger partial charge in [0.25, 0.3) is 5.91 Å². The van der Waals surface area contributed by atoms with Crippen LogP contribution in [0.5, 0.6) is 17.2 Å². The zero-order valence-electron chi connectivity index (χ0n) is 16.2. The summed E-state index contributed by atoms with van der Waals surface area (Å²) in [5.74, 6) is -1.04. The van der Waals surface area contributed by atoms with E-state index in [1.165, 1.54) is 13.1 Å². The van der Waals surface area contributed by atoms with Crippen LogP contribution in [0.15, 0.2) is 46.0 Å². The summed E-state index contributed by atoms with van der Waals surface area (Å²) < 4.78 is 10.8. The Hall–Kier alpha value is -3.07. The molecule has 2 amide bonds. The minimum Gasteiger partial charge on any atom is -0.503 e. The molecule has 0 fully saturated rings. The average molecular weight is 464 g/mol. The zero-order chi connectivity index (χ0) is 21.4. The average Bonchev–Trinajstić information content (AvgIpc) is 2.71. The molecule has 1 atom stereocenters. The predicted molar refractivity (Wildman–Crippen MR) is 114 cm³/mol. The molecule has 0 bridgehead atoms. The number of methoxy groups -OCH3 is 1. The fourth-order valence-electron chi connectivity index (χ4n) is 2.25. The maximum atomic E-state index is 12.2. The van der Waals surface area contributed by atoms with Crippen molar-refractivity contribution in [3.8, 4) is 17.2 Å². The van der Waals surface area contributed by atoms with Gasteiger partial charge in [-0.15, -0.1) is 0 Å². The number of nitrogens with one attached hydrogen (secondary N) is 2. The molecule has 8 nitrogen and oxygen atoms in total. The molecule has 2 aromatic rings. The third-order valence-corrected chi connectivity index (χ3v) is 4.49. The van der Waals surface area contributed by atoms with Crippen molar-refractivity contribution < 1.29 is 24.2 Å². The first kappa shape index (κ1) is 22.2. The number of carbonyl (C=O) groups is 2. The van der Waals surface area contributed by atoms with Gasteiger partial charge in [0.05, 0.1) is 24.4 Å². The van der Waals surface area contributed by atoms with E-state index in [0.29, 0.717) is 33.8 Å². The second kappa shape index (κ2) is 10.5. The third kappa shape index (κ3) is 6.21. The number of hydrazone groups is 1. The van der Waals surface area contributed by atoms with Crippen LogP contribution in [0.3, 0.4) is 0 Å². The molecule has 0 spiro atoms. The standard InChI is InChI=1S/C20H22BrN3O5/c1-4-29-17-10-13(9-16(21)18(17)25)11-22-24-20(27)12(2)19(26)23-14-5-7-15(28-3)8-6-14/h5-12,25H,4H2,1-3H3,(H,23,26)(H,24,27). The van der Waals surface area contributed by atoms with Crippen molar-refractivity contribution in [2.45, 2.75) is 13.8 Å². The van der Waals surface area contributed by atoms with Gasteiger partial charge in [0.2, 0.25) is 5.91 Å². The van der Waals surface area contributed by atoms with Crippen molar-refractivity contribution in [3.05, 3.63) is 46.4 Å². The van der Waals surface area contributed by atoms with Crippen molar-refractivity contribution in [3.63, 3.8) is 0 Å². The van der Waals surface area contributed by atoms with Crippen LogP contribution in [0.4, 0.5) is 5.69 Å². The van der Waals surface area contributed by atoms with E-state index in [4.69, 9.17) is 9.47 Å². The van der Waals surface area contributed by atoms with E-state index >= 15 is 0 Å². The second-order valence-corrected chi connectivity index (χ2v) is 6.81. The third-order valence-electron chi connectivity index (χ3n) is 3.88. The van der Waals surface area contributed by atoms with Crippen molar-refractivity contribution in [1.82, 2.24) is 5.43 Å². The van der Waals surface area contributed by atoms with Gasteiger partial charge in [0.15, 0.2) is 11.5 Å². The summed E-state index contributed by atoms with van der Waals surface area (Å²) in [6, 6.07) is 9.97. The van der Waals surface area contributed by atoms with Gasteiger partial charge < -0.3 is 19.9 Å². The number of nitrogens with zero attached hydrogens (tertiary/aromatic N) is 1. The Kier molecular flexibility index (Phi) is 8.02. The number of phenols is 1. The molecule has 0 aliphatic carbocycles. The molecule has 29 heavy (non-hydrogen) atoms. The van der Waals surface area contributed by atoms with Crippen LogP contribution in [0.2, 0.25) is 0 Å². The van der Waals surface area contributed by atoms with Gasteiger partial charge in [-0.3, -0.25) is 9.59 Å². The number of ether oxygens (including phenoxy) is 2. The summed E-state index contributed by atoms with van der Waals surface area (Å²) in [4.78, 5) is 24.4. The molecule has 9 heteroatoms. The molecule has 3 N–H and O–H groups in total. The van der Waals surface area contributed by atoms with Crippen LogP contribution < -0.4 is 20.2 Å². The van der Waals surface area contributed by atoms with Gasteiger partial charge in [0.1, 0.15) is 11.7 Å². The highest BCUT2D eigenvalue weighted by molar-refractivity contribution is 9.10. The topological polar surface area (TPSA) is 109 Å². The lowest BCUT2D eigenvalue weighted by Gasteiger charge is -2.11. The summed E-state index contributed by atoms with van der Waals surface area (Å²) in [7, 11) is 1.55. The number of carbonyl (C=O) groups excluding carboxylic acids is 2. The van der Waals surface area contributed by atoms with E-state index in [-0.39, 0.29) is 5.75 Å². The van der Waals surface area contributed by atoms with Crippen molar-refractivity contribution in [1.29, 1.82) is 0 Å². The highest BCUT2D eigenvalue weighted by Gasteiger charge is 2.21. The van der Waals surface area contributed by atoms with Crippen LogP contribution in [-0.4, -0.2) is 36.9 Å². The van der Waals surface area contributed by atoms with E-state index < -0.39 is 17.7 Å². The first-order valence-corrected chi connectivity index (χ1v) is 9.58. The second-order valence-electron chi connectivity index (χ2n) is 5.96. The Bertz CT molecular complexity index is 900. The quantitative estimate of drug-likeness (QED) is 0.316. The Morgan fingerprint density at radius 2 is 1.93 bits per heavy atom. The largest absolute Gasteiger partial charge is 0.503 e. The summed E-state index contributed by atoms with van der Waals surface area (Å²) >= 11 is 3.23. The van der Waals surface area contributed by atoms with E-state index in [1.807, 2.05) is 0 Å². The predicted octanol–water partition coefficient (Wildman–Crippen LogP) is 3.29. The molecule has 0 aliphatic rings. The first-order valence-electron chi connectivity index (χ1n) is 8.78. The monoisotopic (exact) mass is 463 g/mol. The number of anilines is 1. The number of hydrogen-bond acceptors (Lipinski definition) is 6. The number of benzene rings is 2. The maximum absolute atomic E-state index is 12.2. The molecule has 0 radical (unpaired) electrons. The Morgan fingerprint density at radius 1 is 1.24 bits per heavy atom. The maximum Gasteiger partial charge on any atom is 0.252 e. The number of aromatic hydroxyl groups is 1. The van der Waals surface area contributed by atoms with Gasteiger partial charge in [-0.1, -0.05) is 0 Å². The summed E-state index contributed by atoms with van der Waals surface area (Å²) in [5.41, 5.74) is 3.48. The van der Waals surface area contributed by atoms with Gasteiger partial charge in [-0.05, 0) is 71.7 Å². The fraction of sp³-hybridized carbons (Fsp3) is 0.250. The SMILES string of the molecule is CCOc1cc(C=NNC(=O)C(C)C(=O)Nc2ccc(OC)cc2)cc(Br)c1O. The molecule has 0 aliphatic heterocycles. The first-order chi connectivity index (χ1) is 13.8. The summed E-state index contributed by atoms with van der Waals surface area (Å²) in [6.07, 6.45) is 1.39. The van der Waals surface area contributed by atoms with Gasteiger partial charge >= 0.3 is 0 Å². The molecule has 1 unspecified atom stereocenters. The van der Waals surface area contributed by atoms with E-state index in [0.717, 1.165) is 0 Å². The van der Waals surface area contributed by atoms with Crippen LogP contribution >= 0.6 is 15.9 Å². The van der Waals surface area contributed by atoms with Crippen molar-refractivity contribution >= 4 is 39.6 Å². The fourth-order valence-corrected chi connectivity index (χ4v) is 2.70. The highest BCUT2D eigenvalue weighted by Crippen LogP contribution is 2.35. The lowest BCUT2D eigenvalue weighted by molar-refractivity contribution is -0.131. The molecule has 0 saturated carbocycles. The van der Waals surface area contributed by atoms with Crippen LogP contribution in [0, 0.1) is 5.92 Å². The lowest BCUT2D eigenvalue weighted by Crippen LogP contribution is -2.34. The number of phenolic OH excluding ortho intramolecular Hbond substituents is 1. The Balaban J connectivity index is 1.95.